The van der Waals surface area contributed by atoms with Gasteiger partial charge in [0.2, 0.25) is 5.91 Å². The number of Topliss-reactive ketones (excluding diaryl/α,β-unsaturated/α-hetero) is 1. The molecule has 4 nitrogen and oxygen atoms in total. The fourth-order valence-electron chi connectivity index (χ4n) is 1.25. The van der Waals surface area contributed by atoms with E-state index < -0.39 is 12.5 Å². The second-order valence-corrected chi connectivity index (χ2v) is 3.24. The van der Waals surface area contributed by atoms with Gasteiger partial charge in [-0.3, -0.25) is 9.59 Å². The number of hydrogen-bond acceptors (Lipinski definition) is 3. The van der Waals surface area contributed by atoms with Crippen LogP contribution in [0.1, 0.15) is 12.5 Å². The van der Waals surface area contributed by atoms with E-state index in [2.05, 4.69) is 5.32 Å². The quantitative estimate of drug-likeness (QED) is 0.765. The normalized spacial score (nSPS) is 9.73. The summed E-state index contributed by atoms with van der Waals surface area (Å²) in [6, 6.07) is 7.03. The van der Waals surface area contributed by atoms with Gasteiger partial charge in [-0.05, 0) is 18.6 Å². The van der Waals surface area contributed by atoms with Crippen LogP contribution in [-0.4, -0.2) is 23.4 Å². The van der Waals surface area contributed by atoms with Gasteiger partial charge in [0.15, 0.2) is 0 Å². The first-order valence-electron chi connectivity index (χ1n) is 4.61. The maximum Gasteiger partial charge on any atom is 0.250 e. The molecule has 0 atom stereocenters. The Morgan fingerprint density at radius 2 is 2.00 bits per heavy atom. The number of carbonyl (C=O) groups excluding carboxylic acids is 2. The molecular formula is C11H13NO3. The number of carbonyl (C=O) groups is 2. The van der Waals surface area contributed by atoms with E-state index in [0.29, 0.717) is 5.69 Å². The van der Waals surface area contributed by atoms with Crippen molar-refractivity contribution in [2.45, 2.75) is 13.3 Å². The molecule has 2 N–H and O–H groups in total. The van der Waals surface area contributed by atoms with Gasteiger partial charge in [0.25, 0.3) is 0 Å². The average Bonchev–Trinajstić information content (AvgIpc) is 2.20. The maximum absolute atomic E-state index is 11.0. The maximum atomic E-state index is 11.0. The molecule has 1 rings (SSSR count). The van der Waals surface area contributed by atoms with Gasteiger partial charge in [-0.25, -0.2) is 0 Å². The average molecular weight is 207 g/mol. The van der Waals surface area contributed by atoms with Gasteiger partial charge in [-0.2, -0.15) is 0 Å². The highest BCUT2D eigenvalue weighted by Crippen LogP contribution is 2.15. The van der Waals surface area contributed by atoms with Crippen molar-refractivity contribution in [3.8, 4) is 0 Å². The van der Waals surface area contributed by atoms with Gasteiger partial charge < -0.3 is 10.4 Å². The SMILES string of the molecule is CC(=O)Cc1ccccc1NC(=O)CO. The van der Waals surface area contributed by atoms with Gasteiger partial charge >= 0.3 is 0 Å². The van der Waals surface area contributed by atoms with Gasteiger partial charge in [0.1, 0.15) is 12.4 Å². The molecule has 0 unspecified atom stereocenters. The fourth-order valence-corrected chi connectivity index (χ4v) is 1.25. The van der Waals surface area contributed by atoms with Gasteiger partial charge in [0.05, 0.1) is 0 Å². The Bertz CT molecular complexity index is 374. The Balaban J connectivity index is 2.85. The molecule has 0 radical (unpaired) electrons. The lowest BCUT2D eigenvalue weighted by Crippen LogP contribution is -2.17. The first-order chi connectivity index (χ1) is 7.13. The zero-order valence-corrected chi connectivity index (χ0v) is 8.49. The molecule has 80 valence electrons. The summed E-state index contributed by atoms with van der Waals surface area (Å²) in [6.07, 6.45) is 0.280. The summed E-state index contributed by atoms with van der Waals surface area (Å²) in [5.41, 5.74) is 1.33. The minimum atomic E-state index is -0.561. The predicted octanol–water partition coefficient (Wildman–Crippen LogP) is 0.749. The molecule has 0 aromatic heterocycles. The number of aliphatic hydroxyl groups excluding tert-OH is 1. The van der Waals surface area contributed by atoms with Crippen molar-refractivity contribution in [2.75, 3.05) is 11.9 Å². The van der Waals surface area contributed by atoms with Crippen LogP contribution in [0.2, 0.25) is 0 Å². The second-order valence-electron chi connectivity index (χ2n) is 3.24. The third kappa shape index (κ3) is 3.52. The third-order valence-corrected chi connectivity index (χ3v) is 1.87. The van der Waals surface area contributed by atoms with Gasteiger partial charge in [-0.15, -0.1) is 0 Å². The zero-order chi connectivity index (χ0) is 11.3. The molecule has 1 aromatic rings. The van der Waals surface area contributed by atoms with Crippen LogP contribution in [0.4, 0.5) is 5.69 Å². The molecule has 0 heterocycles. The summed E-state index contributed by atoms with van der Waals surface area (Å²) < 4.78 is 0. The van der Waals surface area contributed by atoms with Crippen LogP contribution >= 0.6 is 0 Å². The molecule has 0 saturated carbocycles. The highest BCUT2D eigenvalue weighted by atomic mass is 16.3. The molecule has 0 spiro atoms. The van der Waals surface area contributed by atoms with Crippen LogP contribution in [0.5, 0.6) is 0 Å². The largest absolute Gasteiger partial charge is 0.387 e. The molecule has 0 saturated heterocycles. The van der Waals surface area contributed by atoms with E-state index in [9.17, 15) is 9.59 Å². The Kier molecular flexibility index (Phi) is 4.00. The molecule has 0 aliphatic carbocycles. The Morgan fingerprint density at radius 3 is 2.60 bits per heavy atom. The van der Waals surface area contributed by atoms with Crippen molar-refractivity contribution in [2.24, 2.45) is 0 Å². The van der Waals surface area contributed by atoms with Crippen molar-refractivity contribution in [1.29, 1.82) is 0 Å². The lowest BCUT2D eigenvalue weighted by atomic mass is 10.1. The van der Waals surface area contributed by atoms with Crippen LogP contribution < -0.4 is 5.32 Å². The highest BCUT2D eigenvalue weighted by molar-refractivity contribution is 5.93. The highest BCUT2D eigenvalue weighted by Gasteiger charge is 2.06. The summed E-state index contributed by atoms with van der Waals surface area (Å²) in [5, 5.41) is 11.1. The number of hydrogen-bond donors (Lipinski definition) is 2. The standard InChI is InChI=1S/C11H13NO3/c1-8(14)6-9-4-2-3-5-10(9)12-11(15)7-13/h2-5,13H,6-7H2,1H3,(H,12,15). The van der Waals surface area contributed by atoms with Crippen molar-refractivity contribution >= 4 is 17.4 Å². The molecule has 1 amide bonds. The number of rotatable bonds is 4. The minimum Gasteiger partial charge on any atom is -0.387 e. The first kappa shape index (κ1) is 11.4. The Labute approximate surface area is 87.9 Å². The Morgan fingerprint density at radius 1 is 1.33 bits per heavy atom. The van der Waals surface area contributed by atoms with Crippen molar-refractivity contribution in [1.82, 2.24) is 0 Å². The van der Waals surface area contributed by atoms with E-state index in [0.717, 1.165) is 5.56 Å². The van der Waals surface area contributed by atoms with E-state index in [-0.39, 0.29) is 12.2 Å². The number of ketones is 1. The number of aliphatic hydroxyl groups is 1. The third-order valence-electron chi connectivity index (χ3n) is 1.87. The van der Waals surface area contributed by atoms with Crippen molar-refractivity contribution < 1.29 is 14.7 Å². The van der Waals surface area contributed by atoms with Gasteiger partial charge in [0, 0.05) is 12.1 Å². The molecule has 0 fully saturated rings. The van der Waals surface area contributed by atoms with Crippen LogP contribution in [0.25, 0.3) is 0 Å². The summed E-state index contributed by atoms with van der Waals surface area (Å²) in [5.74, 6) is -0.452. The number of nitrogens with one attached hydrogen (secondary N) is 1. The van der Waals surface area contributed by atoms with E-state index in [4.69, 9.17) is 5.11 Å². The molecule has 1 aromatic carbocycles. The van der Waals surface area contributed by atoms with Crippen molar-refractivity contribution in [3.05, 3.63) is 29.8 Å². The predicted molar refractivity (Wildman–Crippen MR) is 56.5 cm³/mol. The minimum absolute atomic E-state index is 0.0284. The van der Waals surface area contributed by atoms with E-state index >= 15 is 0 Å². The molecule has 0 bridgehead atoms. The second kappa shape index (κ2) is 5.26. The fraction of sp³-hybridized carbons (Fsp3) is 0.273. The molecular weight excluding hydrogens is 194 g/mol. The van der Waals surface area contributed by atoms with E-state index in [1.807, 2.05) is 0 Å². The van der Waals surface area contributed by atoms with E-state index in [1.54, 1.807) is 24.3 Å². The first-order valence-corrected chi connectivity index (χ1v) is 4.61. The van der Waals surface area contributed by atoms with E-state index in [1.165, 1.54) is 6.92 Å². The summed E-state index contributed by atoms with van der Waals surface area (Å²) in [4.78, 5) is 21.9. The molecule has 0 aliphatic rings. The molecule has 4 heteroatoms. The topological polar surface area (TPSA) is 66.4 Å². The number of anilines is 1. The number of benzene rings is 1. The van der Waals surface area contributed by atoms with Crippen LogP contribution in [0, 0.1) is 0 Å². The number of amides is 1. The monoisotopic (exact) mass is 207 g/mol. The summed E-state index contributed by atoms with van der Waals surface area (Å²) in [7, 11) is 0. The number of para-hydroxylation sites is 1. The lowest BCUT2D eigenvalue weighted by Gasteiger charge is -2.08. The van der Waals surface area contributed by atoms with Crippen LogP contribution in [0.15, 0.2) is 24.3 Å². The lowest BCUT2D eigenvalue weighted by molar-refractivity contribution is -0.119. The van der Waals surface area contributed by atoms with Crippen LogP contribution in [0.3, 0.4) is 0 Å². The smallest absolute Gasteiger partial charge is 0.250 e. The zero-order valence-electron chi connectivity index (χ0n) is 8.49. The van der Waals surface area contributed by atoms with Gasteiger partial charge in [-0.1, -0.05) is 18.2 Å². The molecule has 0 aliphatic heterocycles. The van der Waals surface area contributed by atoms with Crippen molar-refractivity contribution in [3.63, 3.8) is 0 Å². The Hall–Kier alpha value is -1.68. The molecule has 15 heavy (non-hydrogen) atoms. The van der Waals surface area contributed by atoms with Crippen LogP contribution in [-0.2, 0) is 16.0 Å². The summed E-state index contributed by atoms with van der Waals surface area (Å²) in [6.45, 7) is 0.930. The summed E-state index contributed by atoms with van der Waals surface area (Å²) >= 11 is 0.